The molecule has 4 heteroatoms. The Hall–Kier alpha value is -2.46. The lowest BCUT2D eigenvalue weighted by molar-refractivity contribution is 0.0965. The van der Waals surface area contributed by atoms with Gasteiger partial charge >= 0.3 is 0 Å². The van der Waals surface area contributed by atoms with Gasteiger partial charge in [-0.1, -0.05) is 18.2 Å². The standard InChI is InChI=1S/C23H25FN2O/c1-22(2)11-16(12-23(3,4)26-22)18-9-15-13-25-21(27)20(15)10-19(18)14-5-7-17(24)8-6-14/h5-11,26H,12-13H2,1-4H3,(H,25,27). The van der Waals surface area contributed by atoms with Gasteiger partial charge in [0.15, 0.2) is 0 Å². The van der Waals surface area contributed by atoms with Gasteiger partial charge in [-0.3, -0.25) is 4.79 Å². The molecule has 2 aromatic carbocycles. The highest BCUT2D eigenvalue weighted by Gasteiger charge is 2.34. The molecule has 140 valence electrons. The number of hydrogen-bond acceptors (Lipinski definition) is 2. The third-order valence-corrected chi connectivity index (χ3v) is 5.26. The highest BCUT2D eigenvalue weighted by Crippen LogP contribution is 2.40. The number of benzene rings is 2. The van der Waals surface area contributed by atoms with Gasteiger partial charge in [0.25, 0.3) is 5.91 Å². The number of halogens is 1. The number of carbonyl (C=O) groups excluding carboxylic acids is 1. The zero-order valence-electron chi connectivity index (χ0n) is 16.2. The van der Waals surface area contributed by atoms with Gasteiger partial charge in [0.05, 0.1) is 0 Å². The number of rotatable bonds is 2. The summed E-state index contributed by atoms with van der Waals surface area (Å²) in [7, 11) is 0. The van der Waals surface area contributed by atoms with Crippen LogP contribution < -0.4 is 10.6 Å². The third kappa shape index (κ3) is 3.42. The highest BCUT2D eigenvalue weighted by atomic mass is 19.1. The molecule has 3 nitrogen and oxygen atoms in total. The molecule has 1 amide bonds. The predicted octanol–water partition coefficient (Wildman–Crippen LogP) is 4.67. The number of carbonyl (C=O) groups is 1. The van der Waals surface area contributed by atoms with Gasteiger partial charge in [-0.05, 0) is 86.2 Å². The molecule has 0 saturated heterocycles. The number of nitrogens with one attached hydrogen (secondary N) is 2. The van der Waals surface area contributed by atoms with Crippen molar-refractivity contribution in [3.63, 3.8) is 0 Å². The zero-order chi connectivity index (χ0) is 19.4. The molecule has 0 fully saturated rings. The molecule has 0 unspecified atom stereocenters. The average Bonchev–Trinajstić information content (AvgIpc) is 2.92. The minimum Gasteiger partial charge on any atom is -0.348 e. The number of fused-ring (bicyclic) bond motifs is 1. The molecule has 0 radical (unpaired) electrons. The van der Waals surface area contributed by atoms with Crippen LogP contribution in [0.1, 0.15) is 55.6 Å². The van der Waals surface area contributed by atoms with Crippen LogP contribution in [0.3, 0.4) is 0 Å². The van der Waals surface area contributed by atoms with Crippen LogP contribution in [0.15, 0.2) is 42.5 Å². The molecular formula is C23H25FN2O. The first kappa shape index (κ1) is 17.9. The Labute approximate surface area is 159 Å². The van der Waals surface area contributed by atoms with Crippen LogP contribution in [-0.4, -0.2) is 17.0 Å². The number of amides is 1. The van der Waals surface area contributed by atoms with E-state index in [0.29, 0.717) is 12.1 Å². The smallest absolute Gasteiger partial charge is 0.251 e. The van der Waals surface area contributed by atoms with E-state index >= 15 is 0 Å². The van der Waals surface area contributed by atoms with Crippen LogP contribution in [0.5, 0.6) is 0 Å². The fourth-order valence-corrected chi connectivity index (χ4v) is 4.49. The van der Waals surface area contributed by atoms with Crippen LogP contribution in [0.25, 0.3) is 16.7 Å². The fraction of sp³-hybridized carbons (Fsp3) is 0.348. The molecule has 0 saturated carbocycles. The van der Waals surface area contributed by atoms with Crippen molar-refractivity contribution in [2.75, 3.05) is 0 Å². The topological polar surface area (TPSA) is 41.1 Å². The molecular weight excluding hydrogens is 339 g/mol. The van der Waals surface area contributed by atoms with Gasteiger partial charge < -0.3 is 10.6 Å². The molecule has 0 bridgehead atoms. The van der Waals surface area contributed by atoms with Crippen molar-refractivity contribution in [2.45, 2.75) is 51.7 Å². The average molecular weight is 364 g/mol. The summed E-state index contributed by atoms with van der Waals surface area (Å²) in [4.78, 5) is 12.2. The summed E-state index contributed by atoms with van der Waals surface area (Å²) in [6, 6.07) is 10.6. The minimum absolute atomic E-state index is 0.0409. The maximum absolute atomic E-state index is 13.5. The lowest BCUT2D eigenvalue weighted by Gasteiger charge is -2.41. The SMILES string of the molecule is CC1(C)C=C(c2cc3c(cc2-c2ccc(F)cc2)C(=O)NC3)CC(C)(C)N1. The fourth-order valence-electron chi connectivity index (χ4n) is 4.49. The Balaban J connectivity index is 1.93. The summed E-state index contributed by atoms with van der Waals surface area (Å²) in [5.74, 6) is -0.303. The quantitative estimate of drug-likeness (QED) is 0.813. The van der Waals surface area contributed by atoms with Crippen LogP contribution in [0, 0.1) is 5.82 Å². The number of hydrogen-bond donors (Lipinski definition) is 2. The van der Waals surface area contributed by atoms with Crippen molar-refractivity contribution in [1.29, 1.82) is 0 Å². The van der Waals surface area contributed by atoms with E-state index < -0.39 is 0 Å². The summed E-state index contributed by atoms with van der Waals surface area (Å²) < 4.78 is 13.5. The van der Waals surface area contributed by atoms with Crippen molar-refractivity contribution in [1.82, 2.24) is 10.6 Å². The van der Waals surface area contributed by atoms with E-state index in [1.807, 2.05) is 6.07 Å². The zero-order valence-corrected chi connectivity index (χ0v) is 16.2. The van der Waals surface area contributed by atoms with Crippen molar-refractivity contribution in [3.8, 4) is 11.1 Å². The first-order valence-electron chi connectivity index (χ1n) is 9.36. The Morgan fingerprint density at radius 3 is 2.33 bits per heavy atom. The predicted molar refractivity (Wildman–Crippen MR) is 107 cm³/mol. The molecule has 2 heterocycles. The largest absolute Gasteiger partial charge is 0.348 e. The van der Waals surface area contributed by atoms with E-state index in [2.05, 4.69) is 50.5 Å². The third-order valence-electron chi connectivity index (χ3n) is 5.26. The lowest BCUT2D eigenvalue weighted by Crippen LogP contribution is -2.53. The molecule has 0 atom stereocenters. The summed E-state index contributed by atoms with van der Waals surface area (Å²) >= 11 is 0. The van der Waals surface area contributed by atoms with Gasteiger partial charge in [-0.15, -0.1) is 0 Å². The normalized spacial score (nSPS) is 20.0. The van der Waals surface area contributed by atoms with Gasteiger partial charge in [0.1, 0.15) is 5.82 Å². The summed E-state index contributed by atoms with van der Waals surface area (Å²) in [6.45, 7) is 9.31. The summed E-state index contributed by atoms with van der Waals surface area (Å²) in [5, 5.41) is 6.57. The van der Waals surface area contributed by atoms with Crippen LogP contribution in [-0.2, 0) is 6.54 Å². The lowest BCUT2D eigenvalue weighted by atomic mass is 9.78. The summed E-state index contributed by atoms with van der Waals surface area (Å²) in [6.07, 6.45) is 3.15. The first-order chi connectivity index (χ1) is 12.6. The molecule has 4 rings (SSSR count). The second-order valence-corrected chi connectivity index (χ2v) is 8.82. The highest BCUT2D eigenvalue weighted by molar-refractivity contribution is 6.01. The molecule has 0 aliphatic carbocycles. The van der Waals surface area contributed by atoms with Crippen LogP contribution in [0.4, 0.5) is 4.39 Å². The van der Waals surface area contributed by atoms with Crippen molar-refractivity contribution < 1.29 is 9.18 Å². The molecule has 2 aliphatic rings. The molecule has 2 N–H and O–H groups in total. The maximum atomic E-state index is 13.5. The Morgan fingerprint density at radius 1 is 0.963 bits per heavy atom. The van der Waals surface area contributed by atoms with Gasteiger partial charge in [-0.25, -0.2) is 4.39 Å². The molecule has 2 aliphatic heterocycles. The Kier molecular flexibility index (Phi) is 4.00. The second-order valence-electron chi connectivity index (χ2n) is 8.82. The first-order valence-corrected chi connectivity index (χ1v) is 9.36. The monoisotopic (exact) mass is 364 g/mol. The van der Waals surface area contributed by atoms with E-state index in [4.69, 9.17) is 0 Å². The van der Waals surface area contributed by atoms with Crippen molar-refractivity contribution in [3.05, 3.63) is 65.0 Å². The van der Waals surface area contributed by atoms with E-state index in [-0.39, 0.29) is 22.8 Å². The van der Waals surface area contributed by atoms with Gasteiger partial charge in [0.2, 0.25) is 0 Å². The minimum atomic E-state index is -0.262. The molecule has 0 aromatic heterocycles. The van der Waals surface area contributed by atoms with E-state index in [0.717, 1.165) is 28.7 Å². The second kappa shape index (κ2) is 6.03. The van der Waals surface area contributed by atoms with E-state index in [9.17, 15) is 9.18 Å². The molecule has 0 spiro atoms. The van der Waals surface area contributed by atoms with Gasteiger partial charge in [0, 0.05) is 23.2 Å². The van der Waals surface area contributed by atoms with Crippen LogP contribution in [0.2, 0.25) is 0 Å². The maximum Gasteiger partial charge on any atom is 0.251 e. The Bertz CT molecular complexity index is 955. The van der Waals surface area contributed by atoms with Crippen LogP contribution >= 0.6 is 0 Å². The molecule has 27 heavy (non-hydrogen) atoms. The van der Waals surface area contributed by atoms with Crippen molar-refractivity contribution in [2.24, 2.45) is 0 Å². The Morgan fingerprint density at radius 2 is 1.67 bits per heavy atom. The van der Waals surface area contributed by atoms with E-state index in [1.165, 1.54) is 17.7 Å². The van der Waals surface area contributed by atoms with Crippen molar-refractivity contribution >= 4 is 11.5 Å². The molecule has 2 aromatic rings. The van der Waals surface area contributed by atoms with E-state index in [1.54, 1.807) is 12.1 Å². The van der Waals surface area contributed by atoms with Gasteiger partial charge in [-0.2, -0.15) is 0 Å². The summed E-state index contributed by atoms with van der Waals surface area (Å²) in [5.41, 5.74) is 5.84.